The molecule has 0 fully saturated rings. The summed E-state index contributed by atoms with van der Waals surface area (Å²) in [6.07, 6.45) is -0.923. The zero-order chi connectivity index (χ0) is 11.1. The Balaban J connectivity index is 2.48. The van der Waals surface area contributed by atoms with Gasteiger partial charge in [-0.15, -0.1) is 0 Å². The first-order valence-corrected chi connectivity index (χ1v) is 4.29. The quantitative estimate of drug-likeness (QED) is 0.425. The molecule has 0 aromatic heterocycles. The van der Waals surface area contributed by atoms with Crippen molar-refractivity contribution in [2.24, 2.45) is 5.90 Å². The van der Waals surface area contributed by atoms with Crippen LogP contribution < -0.4 is 5.90 Å². The fourth-order valence-electron chi connectivity index (χ4n) is 0.990. The molecule has 0 radical (unpaired) electrons. The molecule has 0 aliphatic rings. The molecule has 5 nitrogen and oxygen atoms in total. The molecule has 1 aromatic carbocycles. The largest absolute Gasteiger partial charge is 0.371 e. The van der Waals surface area contributed by atoms with Gasteiger partial charge in [0.2, 0.25) is 6.10 Å². The highest BCUT2D eigenvalue weighted by atomic mass is 16.7. The number of rotatable bonds is 5. The maximum atomic E-state index is 10.9. The minimum atomic E-state index is -1.27. The summed E-state index contributed by atoms with van der Waals surface area (Å²) < 4.78 is 5.01. The van der Waals surface area contributed by atoms with E-state index < -0.39 is 12.1 Å². The second-order valence-corrected chi connectivity index (χ2v) is 2.79. The predicted octanol–water partition coefficient (Wildman–Crippen LogP) is 0.188. The monoisotopic (exact) mass is 209 g/mol. The van der Waals surface area contributed by atoms with Crippen molar-refractivity contribution in [3.63, 3.8) is 0 Å². The zero-order valence-electron chi connectivity index (χ0n) is 7.96. The Labute approximate surface area is 86.7 Å². The van der Waals surface area contributed by atoms with Gasteiger partial charge in [0.05, 0.1) is 6.61 Å². The number of aldehydes is 1. The van der Waals surface area contributed by atoms with Crippen LogP contribution in [-0.4, -0.2) is 18.4 Å². The van der Waals surface area contributed by atoms with Crippen molar-refractivity contribution in [1.29, 1.82) is 0 Å². The summed E-state index contributed by atoms with van der Waals surface area (Å²) in [4.78, 5) is 25.2. The lowest BCUT2D eigenvalue weighted by atomic mass is 10.2. The molecule has 5 heteroatoms. The van der Waals surface area contributed by atoms with E-state index in [0.717, 1.165) is 5.56 Å². The summed E-state index contributed by atoms with van der Waals surface area (Å²) in [5.74, 6) is 3.73. The maximum Gasteiger partial charge on any atom is 0.361 e. The Morgan fingerprint density at radius 1 is 1.40 bits per heavy atom. The number of hydrogen-bond donors (Lipinski definition) is 1. The van der Waals surface area contributed by atoms with Gasteiger partial charge < -0.3 is 9.57 Å². The number of benzene rings is 1. The van der Waals surface area contributed by atoms with Crippen LogP contribution >= 0.6 is 0 Å². The van der Waals surface area contributed by atoms with Crippen molar-refractivity contribution in [3.05, 3.63) is 35.9 Å². The van der Waals surface area contributed by atoms with E-state index in [2.05, 4.69) is 10.7 Å². The van der Waals surface area contributed by atoms with Gasteiger partial charge in [-0.3, -0.25) is 4.79 Å². The SMILES string of the molecule is NOC(=O)C(C=O)OCc1ccccc1. The van der Waals surface area contributed by atoms with Crippen LogP contribution in [0.1, 0.15) is 5.56 Å². The number of hydrogen-bond acceptors (Lipinski definition) is 5. The highest BCUT2D eigenvalue weighted by molar-refractivity contribution is 5.90. The van der Waals surface area contributed by atoms with Gasteiger partial charge in [0.25, 0.3) is 0 Å². The summed E-state index contributed by atoms with van der Waals surface area (Å²) >= 11 is 0. The van der Waals surface area contributed by atoms with Gasteiger partial charge in [0.1, 0.15) is 0 Å². The van der Waals surface area contributed by atoms with E-state index in [-0.39, 0.29) is 6.61 Å². The van der Waals surface area contributed by atoms with Gasteiger partial charge >= 0.3 is 5.97 Å². The van der Waals surface area contributed by atoms with Crippen LogP contribution in [0.2, 0.25) is 0 Å². The van der Waals surface area contributed by atoms with Crippen LogP contribution in [0.15, 0.2) is 30.3 Å². The highest BCUT2D eigenvalue weighted by Crippen LogP contribution is 2.03. The molecule has 80 valence electrons. The van der Waals surface area contributed by atoms with Crippen LogP contribution in [0.4, 0.5) is 0 Å². The van der Waals surface area contributed by atoms with E-state index >= 15 is 0 Å². The number of ether oxygens (including phenoxy) is 1. The van der Waals surface area contributed by atoms with E-state index in [9.17, 15) is 9.59 Å². The topological polar surface area (TPSA) is 78.6 Å². The van der Waals surface area contributed by atoms with Crippen LogP contribution in [0, 0.1) is 0 Å². The third-order valence-electron chi connectivity index (χ3n) is 1.74. The Kier molecular flexibility index (Phi) is 4.46. The van der Waals surface area contributed by atoms with Crippen LogP contribution in [0.25, 0.3) is 0 Å². The minimum absolute atomic E-state index is 0.152. The first-order valence-electron chi connectivity index (χ1n) is 4.29. The average molecular weight is 209 g/mol. The van der Waals surface area contributed by atoms with Gasteiger partial charge in [0, 0.05) is 0 Å². The van der Waals surface area contributed by atoms with E-state index in [1.54, 1.807) is 0 Å². The van der Waals surface area contributed by atoms with E-state index in [1.165, 1.54) is 0 Å². The second kappa shape index (κ2) is 5.90. The molecule has 2 N–H and O–H groups in total. The van der Waals surface area contributed by atoms with Crippen LogP contribution in [0.5, 0.6) is 0 Å². The molecule has 0 heterocycles. The average Bonchev–Trinajstić information content (AvgIpc) is 2.31. The van der Waals surface area contributed by atoms with E-state index in [4.69, 9.17) is 4.74 Å². The third kappa shape index (κ3) is 3.49. The molecular formula is C10H11NO4. The van der Waals surface area contributed by atoms with Gasteiger partial charge in [-0.25, -0.2) is 4.79 Å². The van der Waals surface area contributed by atoms with Gasteiger partial charge in [0.15, 0.2) is 6.29 Å². The normalized spacial score (nSPS) is 11.8. The first-order chi connectivity index (χ1) is 7.27. The van der Waals surface area contributed by atoms with Crippen molar-refractivity contribution in [3.8, 4) is 0 Å². The fourth-order valence-corrected chi connectivity index (χ4v) is 0.990. The molecule has 1 aromatic rings. The molecule has 1 unspecified atom stereocenters. The van der Waals surface area contributed by atoms with Crippen molar-refractivity contribution >= 4 is 12.3 Å². The number of carbonyl (C=O) groups is 2. The molecule has 1 atom stereocenters. The molecule has 0 aliphatic heterocycles. The summed E-state index contributed by atoms with van der Waals surface area (Å²) in [7, 11) is 0. The molecule has 0 bridgehead atoms. The third-order valence-corrected chi connectivity index (χ3v) is 1.74. The van der Waals surface area contributed by atoms with Crippen LogP contribution in [-0.2, 0) is 25.8 Å². The Bertz CT molecular complexity index is 325. The van der Waals surface area contributed by atoms with E-state index in [0.29, 0.717) is 6.29 Å². The lowest BCUT2D eigenvalue weighted by Gasteiger charge is -2.08. The summed E-state index contributed by atoms with van der Waals surface area (Å²) in [6.45, 7) is 0.152. The molecule has 0 saturated carbocycles. The summed E-state index contributed by atoms with van der Waals surface area (Å²) in [5, 5.41) is 0. The highest BCUT2D eigenvalue weighted by Gasteiger charge is 2.19. The fraction of sp³-hybridized carbons (Fsp3) is 0.200. The summed E-state index contributed by atoms with van der Waals surface area (Å²) in [5.41, 5.74) is 0.856. The molecule has 15 heavy (non-hydrogen) atoms. The van der Waals surface area contributed by atoms with E-state index in [1.807, 2.05) is 30.3 Å². The van der Waals surface area contributed by atoms with Gasteiger partial charge in [-0.1, -0.05) is 30.3 Å². The van der Waals surface area contributed by atoms with Gasteiger partial charge in [-0.2, -0.15) is 5.90 Å². The number of nitrogens with two attached hydrogens (primary N) is 1. The maximum absolute atomic E-state index is 10.9. The molecule has 0 amide bonds. The first kappa shape index (κ1) is 11.4. The van der Waals surface area contributed by atoms with Gasteiger partial charge in [-0.05, 0) is 5.56 Å². The Morgan fingerprint density at radius 3 is 2.60 bits per heavy atom. The van der Waals surface area contributed by atoms with Crippen molar-refractivity contribution in [2.45, 2.75) is 12.7 Å². The molecule has 1 rings (SSSR count). The zero-order valence-corrected chi connectivity index (χ0v) is 7.96. The lowest BCUT2D eigenvalue weighted by Crippen LogP contribution is -2.29. The minimum Gasteiger partial charge on any atom is -0.371 e. The molecule has 0 saturated heterocycles. The Morgan fingerprint density at radius 2 is 2.07 bits per heavy atom. The van der Waals surface area contributed by atoms with Crippen molar-refractivity contribution < 1.29 is 19.2 Å². The van der Waals surface area contributed by atoms with Crippen LogP contribution in [0.3, 0.4) is 0 Å². The predicted molar refractivity (Wildman–Crippen MR) is 51.4 cm³/mol. The molecular weight excluding hydrogens is 198 g/mol. The standard InChI is InChI=1S/C10H11NO4/c11-15-10(13)9(6-12)14-7-8-4-2-1-3-5-8/h1-6,9H,7,11H2. The van der Waals surface area contributed by atoms with Crippen molar-refractivity contribution in [2.75, 3.05) is 0 Å². The summed E-state index contributed by atoms with van der Waals surface area (Å²) in [6, 6.07) is 9.14. The number of carbonyl (C=O) groups excluding carboxylic acids is 2. The Hall–Kier alpha value is -1.72. The lowest BCUT2D eigenvalue weighted by molar-refractivity contribution is -0.159. The second-order valence-electron chi connectivity index (χ2n) is 2.79. The smallest absolute Gasteiger partial charge is 0.361 e. The van der Waals surface area contributed by atoms with Crippen molar-refractivity contribution in [1.82, 2.24) is 0 Å². The molecule has 0 aliphatic carbocycles. The molecule has 0 spiro atoms.